The number of hydrogen-bond donors (Lipinski definition) is 3. The Morgan fingerprint density at radius 1 is 1.00 bits per heavy atom. The van der Waals surface area contributed by atoms with Crippen LogP contribution in [0.1, 0.15) is 42.9 Å². The van der Waals surface area contributed by atoms with Gasteiger partial charge in [-0.05, 0) is 73.4 Å². The van der Waals surface area contributed by atoms with E-state index >= 15 is 0 Å². The molecule has 3 aromatic carbocycles. The van der Waals surface area contributed by atoms with Gasteiger partial charge in [0.25, 0.3) is 0 Å². The number of β-amino-alcohol motifs (C(OH)–C–C–N with tert-alkyl or cyclic N) is 1. The topological polar surface area (TPSA) is 92.7 Å². The molecule has 2 aliphatic heterocycles. The van der Waals surface area contributed by atoms with Crippen LogP contribution < -0.4 is 19.7 Å². The second kappa shape index (κ2) is 13.2. The van der Waals surface area contributed by atoms with Crippen LogP contribution in [-0.4, -0.2) is 68.9 Å². The number of nitrogens with one attached hydrogen (secondary N) is 1. The van der Waals surface area contributed by atoms with Crippen LogP contribution in [0.2, 0.25) is 0 Å². The summed E-state index contributed by atoms with van der Waals surface area (Å²) < 4.78 is 23.6. The van der Waals surface area contributed by atoms with Crippen LogP contribution in [-0.2, 0) is 21.7 Å². The van der Waals surface area contributed by atoms with Crippen molar-refractivity contribution in [1.82, 2.24) is 5.32 Å². The average molecular weight is 563 g/mol. The molecule has 2 aliphatic rings. The van der Waals surface area contributed by atoms with E-state index in [2.05, 4.69) is 22.3 Å². The van der Waals surface area contributed by atoms with Crippen LogP contribution in [0.15, 0.2) is 66.7 Å². The van der Waals surface area contributed by atoms with E-state index in [9.17, 15) is 10.2 Å². The van der Waals surface area contributed by atoms with E-state index in [0.717, 1.165) is 54.2 Å². The number of methoxy groups -OCH3 is 1. The lowest BCUT2D eigenvalue weighted by atomic mass is 9.85. The van der Waals surface area contributed by atoms with Crippen LogP contribution in [0.3, 0.4) is 0 Å². The number of nitrogens with zero attached hydrogens (tertiary/aromatic N) is 1. The molecule has 1 saturated heterocycles. The molecule has 8 nitrogen and oxygen atoms in total. The standard InChI is InChI=1S/C33H42N2O6/c1-33(2,37)25-8-12-27(13-9-25)41-26-10-6-24(7-11-26)32-29(36)20-34-21-31(32)40-22-23-5-14-30-28(19-23)35(16-18-39-30)15-4-17-38-3/h5-14,19,29,31-32,34,36-37H,4,15-18,20-22H2,1-3H3. The highest BCUT2D eigenvalue weighted by Gasteiger charge is 2.34. The number of anilines is 1. The van der Waals surface area contributed by atoms with Crippen molar-refractivity contribution < 1.29 is 29.2 Å². The second-order valence-corrected chi connectivity index (χ2v) is 11.3. The molecule has 3 atom stereocenters. The van der Waals surface area contributed by atoms with Gasteiger partial charge in [-0.3, -0.25) is 0 Å². The Bertz CT molecular complexity index is 1260. The van der Waals surface area contributed by atoms with Gasteiger partial charge in [-0.15, -0.1) is 0 Å². The predicted molar refractivity (Wildman–Crippen MR) is 159 cm³/mol. The van der Waals surface area contributed by atoms with Gasteiger partial charge in [0, 0.05) is 39.3 Å². The number of ether oxygens (including phenoxy) is 4. The Balaban J connectivity index is 1.24. The first-order valence-corrected chi connectivity index (χ1v) is 14.4. The Hall–Kier alpha value is -3.14. The molecular weight excluding hydrogens is 520 g/mol. The van der Waals surface area contributed by atoms with E-state index in [-0.39, 0.29) is 12.0 Å². The molecule has 0 aromatic heterocycles. The summed E-state index contributed by atoms with van der Waals surface area (Å²) in [6.07, 6.45) is 0.204. The Morgan fingerprint density at radius 2 is 1.73 bits per heavy atom. The fourth-order valence-electron chi connectivity index (χ4n) is 5.54. The minimum atomic E-state index is -0.896. The van der Waals surface area contributed by atoms with E-state index in [1.54, 1.807) is 21.0 Å². The van der Waals surface area contributed by atoms with Crippen LogP contribution >= 0.6 is 0 Å². The second-order valence-electron chi connectivity index (χ2n) is 11.3. The summed E-state index contributed by atoms with van der Waals surface area (Å²) in [4.78, 5) is 2.35. The number of hydrogen-bond acceptors (Lipinski definition) is 8. The van der Waals surface area contributed by atoms with Crippen molar-refractivity contribution in [3.8, 4) is 17.2 Å². The Morgan fingerprint density at radius 3 is 2.44 bits per heavy atom. The molecule has 41 heavy (non-hydrogen) atoms. The van der Waals surface area contributed by atoms with Crippen LogP contribution in [0, 0.1) is 0 Å². The third kappa shape index (κ3) is 7.39. The number of fused-ring (bicyclic) bond motifs is 1. The molecule has 8 heteroatoms. The smallest absolute Gasteiger partial charge is 0.142 e. The van der Waals surface area contributed by atoms with Crippen LogP contribution in [0.5, 0.6) is 17.2 Å². The number of rotatable bonds is 11. The molecule has 220 valence electrons. The van der Waals surface area contributed by atoms with Gasteiger partial charge in [-0.25, -0.2) is 0 Å². The van der Waals surface area contributed by atoms with Gasteiger partial charge < -0.3 is 39.4 Å². The minimum absolute atomic E-state index is 0.164. The Kier molecular flexibility index (Phi) is 9.47. The molecule has 3 unspecified atom stereocenters. The molecule has 3 N–H and O–H groups in total. The molecule has 5 rings (SSSR count). The third-order valence-corrected chi connectivity index (χ3v) is 7.80. The van der Waals surface area contributed by atoms with Crippen molar-refractivity contribution in [3.05, 3.63) is 83.4 Å². The summed E-state index contributed by atoms with van der Waals surface area (Å²) in [6, 6.07) is 21.5. The maximum atomic E-state index is 11.0. The van der Waals surface area contributed by atoms with E-state index in [0.29, 0.717) is 37.8 Å². The quantitative estimate of drug-likeness (QED) is 0.293. The lowest BCUT2D eigenvalue weighted by molar-refractivity contribution is -0.0328. The molecule has 1 fully saturated rings. The zero-order valence-electron chi connectivity index (χ0n) is 24.2. The average Bonchev–Trinajstić information content (AvgIpc) is 2.97. The molecule has 0 radical (unpaired) electrons. The number of benzene rings is 3. The minimum Gasteiger partial charge on any atom is -0.490 e. The summed E-state index contributed by atoms with van der Waals surface area (Å²) in [5, 5.41) is 24.4. The lowest BCUT2D eigenvalue weighted by Crippen LogP contribution is -2.49. The van der Waals surface area contributed by atoms with Crippen molar-refractivity contribution >= 4 is 5.69 Å². The van der Waals surface area contributed by atoms with Gasteiger partial charge in [0.15, 0.2) is 0 Å². The monoisotopic (exact) mass is 562 g/mol. The fourth-order valence-corrected chi connectivity index (χ4v) is 5.54. The van der Waals surface area contributed by atoms with Crippen molar-refractivity contribution in [2.45, 2.75) is 50.6 Å². The van der Waals surface area contributed by atoms with Gasteiger partial charge >= 0.3 is 0 Å². The first kappa shape index (κ1) is 29.4. The number of aliphatic hydroxyl groups is 2. The van der Waals surface area contributed by atoms with Gasteiger partial charge in [0.2, 0.25) is 0 Å². The van der Waals surface area contributed by atoms with Crippen LogP contribution in [0.25, 0.3) is 0 Å². The maximum Gasteiger partial charge on any atom is 0.142 e. The fraction of sp³-hybridized carbons (Fsp3) is 0.455. The highest BCUT2D eigenvalue weighted by atomic mass is 16.5. The van der Waals surface area contributed by atoms with E-state index in [1.807, 2.05) is 54.6 Å². The van der Waals surface area contributed by atoms with Crippen molar-refractivity contribution in [2.75, 3.05) is 51.4 Å². The zero-order chi connectivity index (χ0) is 28.8. The Labute approximate surface area is 242 Å². The number of piperidine rings is 1. The summed E-state index contributed by atoms with van der Waals surface area (Å²) >= 11 is 0. The molecule has 0 bridgehead atoms. The van der Waals surface area contributed by atoms with Crippen molar-refractivity contribution in [1.29, 1.82) is 0 Å². The van der Waals surface area contributed by atoms with Crippen LogP contribution in [0.4, 0.5) is 5.69 Å². The molecular formula is C33H42N2O6. The summed E-state index contributed by atoms with van der Waals surface area (Å²) in [5.74, 6) is 2.14. The van der Waals surface area contributed by atoms with Gasteiger partial charge in [0.05, 0.1) is 36.6 Å². The first-order chi connectivity index (χ1) is 19.8. The molecule has 0 aliphatic carbocycles. The normalized spacial score (nSPS) is 20.8. The zero-order valence-corrected chi connectivity index (χ0v) is 24.2. The highest BCUT2D eigenvalue weighted by molar-refractivity contribution is 5.61. The SMILES string of the molecule is COCCCN1CCOc2ccc(COC3CNCC(O)C3c3ccc(Oc4ccc(C(C)(C)O)cc4)cc3)cc21. The van der Waals surface area contributed by atoms with Gasteiger partial charge in [-0.1, -0.05) is 30.3 Å². The number of aliphatic hydroxyl groups excluding tert-OH is 1. The first-order valence-electron chi connectivity index (χ1n) is 14.4. The molecule has 0 saturated carbocycles. The molecule has 2 heterocycles. The molecule has 0 spiro atoms. The van der Waals surface area contributed by atoms with Gasteiger partial charge in [-0.2, -0.15) is 0 Å². The van der Waals surface area contributed by atoms with E-state index < -0.39 is 11.7 Å². The summed E-state index contributed by atoms with van der Waals surface area (Å²) in [6.45, 7) is 8.32. The highest BCUT2D eigenvalue weighted by Crippen LogP contribution is 2.35. The predicted octanol–water partition coefficient (Wildman–Crippen LogP) is 4.57. The molecule has 0 amide bonds. The van der Waals surface area contributed by atoms with E-state index in [4.69, 9.17) is 18.9 Å². The third-order valence-electron chi connectivity index (χ3n) is 7.80. The maximum absolute atomic E-state index is 11.0. The van der Waals surface area contributed by atoms with E-state index in [1.165, 1.54) is 0 Å². The molecule has 3 aromatic rings. The van der Waals surface area contributed by atoms with Crippen molar-refractivity contribution in [3.63, 3.8) is 0 Å². The summed E-state index contributed by atoms with van der Waals surface area (Å²) in [5.41, 5.74) is 3.11. The van der Waals surface area contributed by atoms with Gasteiger partial charge in [0.1, 0.15) is 23.9 Å². The lowest BCUT2D eigenvalue weighted by Gasteiger charge is -2.36. The van der Waals surface area contributed by atoms with Crippen molar-refractivity contribution in [2.24, 2.45) is 0 Å². The summed E-state index contributed by atoms with van der Waals surface area (Å²) in [7, 11) is 1.73. The largest absolute Gasteiger partial charge is 0.490 e.